The molecule has 0 aliphatic carbocycles. The molecule has 1 amide bonds. The number of hydrogen-bond donors (Lipinski definition) is 1. The van der Waals surface area contributed by atoms with Gasteiger partial charge in [-0.3, -0.25) is 4.79 Å². The van der Waals surface area contributed by atoms with Crippen LogP contribution in [0, 0.1) is 6.92 Å². The van der Waals surface area contributed by atoms with E-state index in [4.69, 9.17) is 18.4 Å². The average Bonchev–Trinajstić information content (AvgIpc) is 2.44. The van der Waals surface area contributed by atoms with Crippen molar-refractivity contribution < 1.29 is 112 Å². The fraction of sp³-hybridized carbons (Fsp3) is 0.417. The van der Waals surface area contributed by atoms with Crippen LogP contribution >= 0.6 is 7.82 Å². The fourth-order valence-electron chi connectivity index (χ4n) is 1.64. The summed E-state index contributed by atoms with van der Waals surface area (Å²) in [5, 5.41) is 0. The first kappa shape index (κ1) is 32.1. The largest absolute Gasteiger partial charge is 1.00 e. The SMILES string of the molecule is C/C(=C(/[S-])CCOP(=O)([O-])[O-])N(C=O)Cc1cnc(C)nc1N.[Na+].[Na+].[Na+]. The van der Waals surface area contributed by atoms with E-state index >= 15 is 0 Å². The van der Waals surface area contributed by atoms with Crippen LogP contribution in [0.15, 0.2) is 16.8 Å². The number of phosphoric ester groups is 1. The number of hydrogen-bond acceptors (Lipinski definition) is 9. The van der Waals surface area contributed by atoms with Crippen LogP contribution < -0.4 is 104 Å². The van der Waals surface area contributed by atoms with E-state index in [1.165, 1.54) is 11.1 Å². The van der Waals surface area contributed by atoms with E-state index in [9.17, 15) is 19.1 Å². The van der Waals surface area contributed by atoms with Crippen molar-refractivity contribution in [3.05, 3.63) is 28.2 Å². The number of carbonyl (C=O) groups excluding carboxylic acids is 1. The Hall–Kier alpha value is 1.42. The van der Waals surface area contributed by atoms with Gasteiger partial charge in [0.15, 0.2) is 0 Å². The van der Waals surface area contributed by atoms with Gasteiger partial charge in [-0.1, -0.05) is 0 Å². The summed E-state index contributed by atoms with van der Waals surface area (Å²) in [4.78, 5) is 41.6. The predicted molar refractivity (Wildman–Crippen MR) is 81.0 cm³/mol. The Morgan fingerprint density at radius 1 is 1.42 bits per heavy atom. The molecular weight excluding hydrogens is 412 g/mol. The fourth-order valence-corrected chi connectivity index (χ4v) is 2.16. The number of nitrogens with zero attached hydrogens (tertiary/aromatic N) is 3. The third kappa shape index (κ3) is 12.1. The molecule has 1 aromatic rings. The third-order valence-corrected chi connectivity index (χ3v) is 3.90. The maximum absolute atomic E-state index is 11.3. The second-order valence-corrected chi connectivity index (χ2v) is 6.25. The van der Waals surface area contributed by atoms with Gasteiger partial charge in [-0.05, 0) is 26.0 Å². The summed E-state index contributed by atoms with van der Waals surface area (Å²) in [6, 6.07) is 0. The van der Waals surface area contributed by atoms with Crippen molar-refractivity contribution in [1.82, 2.24) is 14.9 Å². The van der Waals surface area contributed by atoms with E-state index in [1.54, 1.807) is 13.8 Å². The molecule has 0 aromatic carbocycles. The summed E-state index contributed by atoms with van der Waals surface area (Å²) >= 11 is 5.10. The number of aromatic nitrogens is 2. The van der Waals surface area contributed by atoms with Crippen LogP contribution in [0.2, 0.25) is 0 Å². The molecule has 0 aliphatic heterocycles. The summed E-state index contributed by atoms with van der Waals surface area (Å²) in [5.74, 6) is 0.766. The van der Waals surface area contributed by atoms with E-state index < -0.39 is 7.82 Å². The Labute approximate surface area is 224 Å². The Balaban J connectivity index is -0.00000176. The molecule has 1 aromatic heterocycles. The second-order valence-electron chi connectivity index (χ2n) is 4.60. The molecule has 0 spiro atoms. The topological polar surface area (TPSA) is 145 Å². The number of aryl methyl sites for hydroxylation is 1. The summed E-state index contributed by atoms with van der Waals surface area (Å²) in [7, 11) is -5.03. The zero-order chi connectivity index (χ0) is 17.6. The monoisotopic (exact) mass is 428 g/mol. The number of rotatable bonds is 8. The van der Waals surface area contributed by atoms with Gasteiger partial charge < -0.3 is 42.1 Å². The summed E-state index contributed by atoms with van der Waals surface area (Å²) < 4.78 is 14.5. The minimum Gasteiger partial charge on any atom is -0.790 e. The van der Waals surface area contributed by atoms with Crippen LogP contribution in [0.5, 0.6) is 0 Å². The number of nitrogen functional groups attached to an aromatic ring is 1. The number of amides is 1. The first-order chi connectivity index (χ1) is 10.6. The molecule has 0 atom stereocenters. The maximum atomic E-state index is 11.3. The molecule has 2 N–H and O–H groups in total. The smallest absolute Gasteiger partial charge is 0.790 e. The van der Waals surface area contributed by atoms with Crippen molar-refractivity contribution in [2.45, 2.75) is 26.8 Å². The molecule has 0 fully saturated rings. The molecule has 0 bridgehead atoms. The number of phosphoric acid groups is 1. The zero-order valence-corrected chi connectivity index (χ0v) is 23.3. The molecule has 0 aliphatic rings. The zero-order valence-electron chi connectivity index (χ0n) is 15.6. The van der Waals surface area contributed by atoms with Crippen LogP contribution in [0.25, 0.3) is 0 Å². The van der Waals surface area contributed by atoms with E-state index in [0.29, 0.717) is 23.5 Å². The van der Waals surface area contributed by atoms with Crippen molar-refractivity contribution >= 4 is 32.7 Å². The Kier molecular flexibility index (Phi) is 18.9. The van der Waals surface area contributed by atoms with Crippen molar-refractivity contribution in [1.29, 1.82) is 0 Å². The van der Waals surface area contributed by atoms with Gasteiger partial charge in [-0.2, -0.15) is 4.91 Å². The molecule has 0 saturated carbocycles. The van der Waals surface area contributed by atoms with E-state index in [2.05, 4.69) is 14.5 Å². The minimum absolute atomic E-state index is 0. The molecule has 1 rings (SSSR count). The first-order valence-corrected chi connectivity index (χ1v) is 8.34. The van der Waals surface area contributed by atoms with Crippen LogP contribution in [0.3, 0.4) is 0 Å². The van der Waals surface area contributed by atoms with Crippen molar-refractivity contribution in [3.63, 3.8) is 0 Å². The van der Waals surface area contributed by atoms with Crippen LogP contribution in [0.4, 0.5) is 5.82 Å². The molecule has 26 heavy (non-hydrogen) atoms. The van der Waals surface area contributed by atoms with Gasteiger partial charge in [0.1, 0.15) is 11.6 Å². The molecule has 128 valence electrons. The minimum atomic E-state index is -5.03. The molecule has 0 radical (unpaired) electrons. The van der Waals surface area contributed by atoms with Gasteiger partial charge in [0.25, 0.3) is 0 Å². The summed E-state index contributed by atoms with van der Waals surface area (Å²) in [6.45, 7) is 3.03. The molecule has 0 saturated heterocycles. The van der Waals surface area contributed by atoms with Gasteiger partial charge in [-0.25, -0.2) is 9.97 Å². The van der Waals surface area contributed by atoms with Crippen molar-refractivity contribution in [2.75, 3.05) is 12.3 Å². The predicted octanol–water partition coefficient (Wildman–Crippen LogP) is -9.65. The Bertz CT molecular complexity index is 662. The Morgan fingerprint density at radius 2 is 2.00 bits per heavy atom. The van der Waals surface area contributed by atoms with Crippen LogP contribution in [0.1, 0.15) is 24.7 Å². The molecule has 14 heteroatoms. The summed E-state index contributed by atoms with van der Waals surface area (Å²) in [5.41, 5.74) is 6.74. The van der Waals surface area contributed by atoms with Crippen molar-refractivity contribution in [3.8, 4) is 0 Å². The molecule has 0 unspecified atom stereocenters. The van der Waals surface area contributed by atoms with Gasteiger partial charge in [0, 0.05) is 11.8 Å². The average molecular weight is 428 g/mol. The second kappa shape index (κ2) is 15.3. The Morgan fingerprint density at radius 3 is 2.46 bits per heavy atom. The normalized spacial score (nSPS) is 11.2. The number of carbonyl (C=O) groups is 1. The molecule has 1 heterocycles. The van der Waals surface area contributed by atoms with E-state index in [-0.39, 0.29) is 119 Å². The van der Waals surface area contributed by atoms with E-state index in [1.807, 2.05) is 0 Å². The molecule has 9 nitrogen and oxygen atoms in total. The quantitative estimate of drug-likeness (QED) is 0.185. The van der Waals surface area contributed by atoms with Crippen LogP contribution in [-0.4, -0.2) is 27.9 Å². The first-order valence-electron chi connectivity index (χ1n) is 6.47. The number of anilines is 1. The van der Waals surface area contributed by atoms with Gasteiger partial charge >= 0.3 is 88.7 Å². The molecular formula is C12H16N4Na3O5PS. The van der Waals surface area contributed by atoms with Gasteiger partial charge in [0.05, 0.1) is 21.0 Å². The third-order valence-electron chi connectivity index (χ3n) is 2.90. The summed E-state index contributed by atoms with van der Waals surface area (Å²) in [6.07, 6.45) is 2.09. The van der Waals surface area contributed by atoms with Crippen LogP contribution in [-0.2, 0) is 33.1 Å². The van der Waals surface area contributed by atoms with Gasteiger partial charge in [-0.15, -0.1) is 0 Å². The number of allylic oxidation sites excluding steroid dienone is 1. The van der Waals surface area contributed by atoms with Gasteiger partial charge in [0.2, 0.25) is 6.41 Å². The van der Waals surface area contributed by atoms with Crippen molar-refractivity contribution in [2.24, 2.45) is 0 Å². The maximum Gasteiger partial charge on any atom is 1.00 e. The standard InChI is InChI=1S/C12H19N4O5PS.3Na/c1-8(11(23)3-4-21-22(18,19)20)16(7-17)6-10-5-14-9(2)15-12(10)13;;;/h5,7,23H,3-4,6H2,1-2H3,(H2,13,14,15)(H2,18,19,20);;;/q;3*+1/p-3/b11-8-;;;. The number of nitrogens with two attached hydrogens (primary N) is 1. The van der Waals surface area contributed by atoms with E-state index in [0.717, 1.165) is 0 Å².